The number of benzene rings is 1. The number of hydrogen-bond acceptors (Lipinski definition) is 6. The average Bonchev–Trinajstić information content (AvgIpc) is 3.36. The third-order valence-electron chi connectivity index (χ3n) is 5.35. The molecule has 1 saturated heterocycles. The van der Waals surface area contributed by atoms with Crippen LogP contribution in [0.3, 0.4) is 0 Å². The highest BCUT2D eigenvalue weighted by Crippen LogP contribution is 2.41. The molecule has 1 unspecified atom stereocenters. The summed E-state index contributed by atoms with van der Waals surface area (Å²) >= 11 is 0. The van der Waals surface area contributed by atoms with Crippen LogP contribution in [-0.2, 0) is 9.47 Å². The zero-order valence-electron chi connectivity index (χ0n) is 15.5. The smallest absolute Gasteiger partial charge is 0.187 e. The van der Waals surface area contributed by atoms with E-state index >= 15 is 0 Å². The van der Waals surface area contributed by atoms with Crippen molar-refractivity contribution in [1.29, 1.82) is 0 Å². The molecule has 1 aliphatic heterocycles. The van der Waals surface area contributed by atoms with Gasteiger partial charge in [-0.05, 0) is 50.8 Å². The van der Waals surface area contributed by atoms with E-state index < -0.39 is 12.4 Å². The van der Waals surface area contributed by atoms with E-state index in [9.17, 15) is 5.11 Å². The van der Waals surface area contributed by atoms with E-state index in [1.54, 1.807) is 0 Å². The molecule has 27 heavy (non-hydrogen) atoms. The van der Waals surface area contributed by atoms with Gasteiger partial charge in [-0.1, -0.05) is 5.16 Å². The van der Waals surface area contributed by atoms with Gasteiger partial charge in [-0.3, -0.25) is 0 Å². The molecule has 0 bridgehead atoms. The Labute approximate surface area is 156 Å². The van der Waals surface area contributed by atoms with Crippen LogP contribution in [-0.4, -0.2) is 39.7 Å². The van der Waals surface area contributed by atoms with Crippen LogP contribution in [0, 0.1) is 13.8 Å². The number of nitrogens with one attached hydrogen (secondary N) is 1. The molecule has 0 radical (unpaired) electrons. The SMILES string of the molecule is Cc1noc(C)c1-c1cc(C(O)C2OCCCO2)c2nc(C3CC3)[nH]c2c1. The van der Waals surface area contributed by atoms with E-state index in [0.29, 0.717) is 24.7 Å². The number of hydrogen-bond donors (Lipinski definition) is 2. The van der Waals surface area contributed by atoms with Crippen LogP contribution in [0.15, 0.2) is 16.7 Å². The van der Waals surface area contributed by atoms with Crippen molar-refractivity contribution in [2.75, 3.05) is 13.2 Å². The first-order valence-corrected chi connectivity index (χ1v) is 9.50. The van der Waals surface area contributed by atoms with Crippen LogP contribution in [0.5, 0.6) is 0 Å². The largest absolute Gasteiger partial charge is 0.383 e. The van der Waals surface area contributed by atoms with Gasteiger partial charge >= 0.3 is 0 Å². The highest BCUT2D eigenvalue weighted by molar-refractivity contribution is 5.86. The van der Waals surface area contributed by atoms with E-state index in [2.05, 4.69) is 16.2 Å². The third kappa shape index (κ3) is 2.96. The summed E-state index contributed by atoms with van der Waals surface area (Å²) < 4.78 is 16.6. The number of ether oxygens (including phenoxy) is 2. The molecule has 1 aliphatic carbocycles. The molecule has 3 heterocycles. The topological polar surface area (TPSA) is 93.4 Å². The molecule has 2 N–H and O–H groups in total. The predicted molar refractivity (Wildman–Crippen MR) is 98.3 cm³/mol. The summed E-state index contributed by atoms with van der Waals surface area (Å²) in [7, 11) is 0. The summed E-state index contributed by atoms with van der Waals surface area (Å²) in [6.07, 6.45) is 1.56. The summed E-state index contributed by atoms with van der Waals surface area (Å²) in [5, 5.41) is 15.1. The van der Waals surface area contributed by atoms with Gasteiger partial charge in [0.05, 0.1) is 29.9 Å². The molecule has 0 spiro atoms. The Morgan fingerprint density at radius 3 is 2.63 bits per heavy atom. The number of H-pyrrole nitrogens is 1. The first kappa shape index (κ1) is 16.9. The maximum absolute atomic E-state index is 11.0. The van der Waals surface area contributed by atoms with Gasteiger partial charge in [0.15, 0.2) is 6.29 Å². The van der Waals surface area contributed by atoms with Crippen molar-refractivity contribution in [3.63, 3.8) is 0 Å². The van der Waals surface area contributed by atoms with Gasteiger partial charge in [-0.15, -0.1) is 0 Å². The van der Waals surface area contributed by atoms with Crippen LogP contribution in [0.1, 0.15) is 54.1 Å². The number of aryl methyl sites for hydroxylation is 2. The molecule has 7 heteroatoms. The number of rotatable bonds is 4. The molecule has 2 aliphatic rings. The molecule has 1 atom stereocenters. The van der Waals surface area contributed by atoms with Crippen LogP contribution in [0.25, 0.3) is 22.2 Å². The van der Waals surface area contributed by atoms with Gasteiger partial charge in [-0.2, -0.15) is 0 Å². The quantitative estimate of drug-likeness (QED) is 0.731. The minimum Gasteiger partial charge on any atom is -0.383 e. The van der Waals surface area contributed by atoms with Crippen LogP contribution in [0.4, 0.5) is 0 Å². The lowest BCUT2D eigenvalue weighted by molar-refractivity contribution is -0.224. The lowest BCUT2D eigenvalue weighted by Crippen LogP contribution is -2.31. The van der Waals surface area contributed by atoms with Gasteiger partial charge in [-0.25, -0.2) is 4.98 Å². The van der Waals surface area contributed by atoms with Crippen LogP contribution in [0.2, 0.25) is 0 Å². The van der Waals surface area contributed by atoms with Crippen molar-refractivity contribution in [3.8, 4) is 11.1 Å². The maximum Gasteiger partial charge on any atom is 0.187 e. The van der Waals surface area contributed by atoms with E-state index in [4.69, 9.17) is 19.0 Å². The highest BCUT2D eigenvalue weighted by atomic mass is 16.7. The standard InChI is InChI=1S/C20H23N3O4/c1-10-16(11(2)27-23-10)13-8-14(18(24)20-25-6-3-7-26-20)17-15(9-13)21-19(22-17)12-4-5-12/h8-9,12,18,20,24H,3-7H2,1-2H3,(H,21,22). The number of nitrogens with zero attached hydrogens (tertiary/aromatic N) is 2. The Hall–Kier alpha value is -2.22. The summed E-state index contributed by atoms with van der Waals surface area (Å²) in [4.78, 5) is 8.23. The van der Waals surface area contributed by atoms with E-state index in [0.717, 1.165) is 58.7 Å². The Morgan fingerprint density at radius 2 is 1.96 bits per heavy atom. The average molecular weight is 369 g/mol. The van der Waals surface area contributed by atoms with Gasteiger partial charge in [0.1, 0.15) is 17.7 Å². The number of aromatic nitrogens is 3. The lowest BCUT2D eigenvalue weighted by atomic mass is 9.97. The van der Waals surface area contributed by atoms with Gasteiger partial charge in [0.2, 0.25) is 0 Å². The summed E-state index contributed by atoms with van der Waals surface area (Å²) in [6.45, 7) is 4.98. The minimum absolute atomic E-state index is 0.493. The van der Waals surface area contributed by atoms with E-state index in [-0.39, 0.29) is 0 Å². The zero-order valence-corrected chi connectivity index (χ0v) is 15.5. The fraction of sp³-hybridized carbons (Fsp3) is 0.500. The lowest BCUT2D eigenvalue weighted by Gasteiger charge is -2.27. The van der Waals surface area contributed by atoms with Crippen molar-refractivity contribution in [3.05, 3.63) is 35.0 Å². The molecular formula is C20H23N3O4. The molecule has 0 amide bonds. The minimum atomic E-state index is -0.913. The summed E-state index contributed by atoms with van der Waals surface area (Å²) in [6, 6.07) is 4.01. The van der Waals surface area contributed by atoms with Crippen LogP contribution >= 0.6 is 0 Å². The molecule has 1 aromatic carbocycles. The number of fused-ring (bicyclic) bond motifs is 1. The zero-order chi connectivity index (χ0) is 18.5. The first-order chi connectivity index (χ1) is 13.1. The van der Waals surface area contributed by atoms with Crippen molar-refractivity contribution in [2.24, 2.45) is 0 Å². The van der Waals surface area contributed by atoms with E-state index in [1.807, 2.05) is 19.9 Å². The number of aliphatic hydroxyl groups excluding tert-OH is 1. The second-order valence-corrected chi connectivity index (χ2v) is 7.47. The Morgan fingerprint density at radius 1 is 1.19 bits per heavy atom. The molecule has 3 aromatic rings. The first-order valence-electron chi connectivity index (χ1n) is 9.50. The maximum atomic E-state index is 11.0. The number of imidazole rings is 1. The van der Waals surface area contributed by atoms with Crippen molar-refractivity contribution in [2.45, 2.75) is 51.4 Å². The van der Waals surface area contributed by atoms with Crippen LogP contribution < -0.4 is 0 Å². The fourth-order valence-electron chi connectivity index (χ4n) is 3.81. The van der Waals surface area contributed by atoms with Crippen molar-refractivity contribution >= 4 is 11.0 Å². The highest BCUT2D eigenvalue weighted by Gasteiger charge is 2.31. The fourth-order valence-corrected chi connectivity index (χ4v) is 3.81. The second kappa shape index (κ2) is 6.44. The predicted octanol–water partition coefficient (Wildman–Crippen LogP) is 3.51. The van der Waals surface area contributed by atoms with Crippen molar-refractivity contribution < 1.29 is 19.1 Å². The number of aliphatic hydroxyl groups is 1. The van der Waals surface area contributed by atoms with Crippen molar-refractivity contribution in [1.82, 2.24) is 15.1 Å². The summed E-state index contributed by atoms with van der Waals surface area (Å²) in [5.41, 5.74) is 5.09. The van der Waals surface area contributed by atoms with Gasteiger partial charge in [0, 0.05) is 17.0 Å². The summed E-state index contributed by atoms with van der Waals surface area (Å²) in [5.74, 6) is 2.23. The number of aromatic amines is 1. The molecule has 142 valence electrons. The third-order valence-corrected chi connectivity index (χ3v) is 5.35. The second-order valence-electron chi connectivity index (χ2n) is 7.47. The van der Waals surface area contributed by atoms with Gasteiger partial charge in [0.25, 0.3) is 0 Å². The molecule has 1 saturated carbocycles. The normalized spacial score (nSPS) is 19.7. The Balaban J connectivity index is 1.66. The molecule has 7 nitrogen and oxygen atoms in total. The molecule has 5 rings (SSSR count). The monoisotopic (exact) mass is 369 g/mol. The molecule has 2 aromatic heterocycles. The van der Waals surface area contributed by atoms with E-state index in [1.165, 1.54) is 0 Å². The Bertz CT molecular complexity index is 963. The molecular weight excluding hydrogens is 346 g/mol. The molecule has 2 fully saturated rings. The Kier molecular flexibility index (Phi) is 4.03. The van der Waals surface area contributed by atoms with Gasteiger partial charge < -0.3 is 24.1 Å².